The van der Waals surface area contributed by atoms with Gasteiger partial charge in [-0.25, -0.2) is 0 Å². The number of rotatable bonds is 4. The van der Waals surface area contributed by atoms with E-state index in [4.69, 9.17) is 11.6 Å². The van der Waals surface area contributed by atoms with E-state index in [1.807, 2.05) is 12.1 Å². The van der Waals surface area contributed by atoms with E-state index in [-0.39, 0.29) is 0 Å². The van der Waals surface area contributed by atoms with Crippen LogP contribution in [0.3, 0.4) is 0 Å². The highest BCUT2D eigenvalue weighted by molar-refractivity contribution is 9.10. The molecule has 104 valence electrons. The Morgan fingerprint density at radius 2 is 2.05 bits per heavy atom. The van der Waals surface area contributed by atoms with Gasteiger partial charge in [0.25, 0.3) is 0 Å². The van der Waals surface area contributed by atoms with Crippen molar-refractivity contribution in [2.45, 2.75) is 25.3 Å². The van der Waals surface area contributed by atoms with Crippen LogP contribution >= 0.6 is 27.5 Å². The molecule has 0 aromatic heterocycles. The van der Waals surface area contributed by atoms with Crippen LogP contribution in [0.4, 0.5) is 0 Å². The first-order chi connectivity index (χ1) is 9.24. The first kappa shape index (κ1) is 13.9. The zero-order valence-electron chi connectivity index (χ0n) is 11.0. The number of nitrogens with one attached hydrogen (secondary N) is 1. The van der Waals surface area contributed by atoms with Crippen LogP contribution in [-0.2, 0) is 0 Å². The van der Waals surface area contributed by atoms with Gasteiger partial charge in [0, 0.05) is 41.7 Å². The lowest BCUT2D eigenvalue weighted by Crippen LogP contribution is -2.45. The minimum atomic E-state index is 0.486. The number of piperazine rings is 1. The van der Waals surface area contributed by atoms with Crippen molar-refractivity contribution in [3.05, 3.63) is 33.3 Å². The molecular weight excluding hydrogens is 324 g/mol. The Balaban J connectivity index is 1.85. The molecule has 2 fully saturated rings. The van der Waals surface area contributed by atoms with Crippen molar-refractivity contribution in [1.82, 2.24) is 10.2 Å². The van der Waals surface area contributed by atoms with Gasteiger partial charge in [0.1, 0.15) is 0 Å². The van der Waals surface area contributed by atoms with E-state index in [1.54, 1.807) is 0 Å². The molecule has 1 atom stereocenters. The molecule has 1 aliphatic carbocycles. The highest BCUT2D eigenvalue weighted by Crippen LogP contribution is 2.42. The van der Waals surface area contributed by atoms with E-state index in [1.165, 1.54) is 24.8 Å². The summed E-state index contributed by atoms with van der Waals surface area (Å²) in [6, 6.07) is 6.73. The second-order valence-electron chi connectivity index (χ2n) is 5.65. The maximum atomic E-state index is 6.45. The van der Waals surface area contributed by atoms with Gasteiger partial charge in [-0.05, 0) is 36.1 Å². The molecule has 1 saturated heterocycles. The fraction of sp³-hybridized carbons (Fsp3) is 0.600. The molecule has 1 aromatic rings. The van der Waals surface area contributed by atoms with Crippen LogP contribution in [0.1, 0.15) is 30.9 Å². The van der Waals surface area contributed by atoms with Crippen LogP contribution in [-0.4, -0.2) is 31.1 Å². The maximum Gasteiger partial charge on any atom is 0.0454 e. The highest BCUT2D eigenvalue weighted by Gasteiger charge is 2.31. The summed E-state index contributed by atoms with van der Waals surface area (Å²) in [5.41, 5.74) is 1.30. The summed E-state index contributed by atoms with van der Waals surface area (Å²) >= 11 is 10.0. The van der Waals surface area contributed by atoms with Crippen molar-refractivity contribution in [2.75, 3.05) is 26.2 Å². The number of nitrogens with zero attached hydrogens (tertiary/aromatic N) is 1. The number of hydrogen-bond donors (Lipinski definition) is 1. The summed E-state index contributed by atoms with van der Waals surface area (Å²) < 4.78 is 1.13. The van der Waals surface area contributed by atoms with Crippen LogP contribution in [0, 0.1) is 5.92 Å². The Labute approximate surface area is 128 Å². The van der Waals surface area contributed by atoms with Crippen LogP contribution < -0.4 is 5.32 Å². The van der Waals surface area contributed by atoms with Gasteiger partial charge in [0.05, 0.1) is 0 Å². The number of halogens is 2. The van der Waals surface area contributed by atoms with Crippen molar-refractivity contribution in [1.29, 1.82) is 0 Å². The molecule has 1 heterocycles. The molecule has 19 heavy (non-hydrogen) atoms. The van der Waals surface area contributed by atoms with Crippen LogP contribution in [0.15, 0.2) is 22.7 Å². The summed E-state index contributed by atoms with van der Waals surface area (Å²) in [4.78, 5) is 2.60. The molecule has 0 spiro atoms. The van der Waals surface area contributed by atoms with Gasteiger partial charge in [-0.15, -0.1) is 0 Å². The Kier molecular flexibility index (Phi) is 4.47. The molecule has 0 radical (unpaired) electrons. The third kappa shape index (κ3) is 3.52. The van der Waals surface area contributed by atoms with Crippen molar-refractivity contribution >= 4 is 27.5 Å². The van der Waals surface area contributed by atoms with Gasteiger partial charge < -0.3 is 5.32 Å². The summed E-state index contributed by atoms with van der Waals surface area (Å²) in [5, 5.41) is 4.34. The monoisotopic (exact) mass is 342 g/mol. The Morgan fingerprint density at radius 3 is 2.74 bits per heavy atom. The van der Waals surface area contributed by atoms with Gasteiger partial charge in [-0.3, -0.25) is 4.90 Å². The van der Waals surface area contributed by atoms with E-state index < -0.39 is 0 Å². The molecule has 2 aliphatic rings. The molecule has 1 aliphatic heterocycles. The van der Waals surface area contributed by atoms with E-state index in [0.29, 0.717) is 6.04 Å². The van der Waals surface area contributed by atoms with E-state index in [9.17, 15) is 0 Å². The highest BCUT2D eigenvalue weighted by atomic mass is 79.9. The van der Waals surface area contributed by atoms with Gasteiger partial charge in [0.15, 0.2) is 0 Å². The third-order valence-corrected chi connectivity index (χ3v) is 5.00. The van der Waals surface area contributed by atoms with Crippen molar-refractivity contribution < 1.29 is 0 Å². The lowest BCUT2D eigenvalue weighted by atomic mass is 9.98. The molecule has 0 bridgehead atoms. The van der Waals surface area contributed by atoms with Crippen LogP contribution in [0.2, 0.25) is 5.02 Å². The number of hydrogen-bond acceptors (Lipinski definition) is 2. The summed E-state index contributed by atoms with van der Waals surface area (Å²) in [5.74, 6) is 0.912. The summed E-state index contributed by atoms with van der Waals surface area (Å²) in [6.45, 7) is 4.43. The minimum Gasteiger partial charge on any atom is -0.314 e. The fourth-order valence-corrected chi connectivity index (χ4v) is 3.53. The van der Waals surface area contributed by atoms with Gasteiger partial charge in [-0.1, -0.05) is 40.4 Å². The fourth-order valence-electron chi connectivity index (χ4n) is 2.91. The first-order valence-electron chi connectivity index (χ1n) is 7.14. The molecule has 1 N–H and O–H groups in total. The van der Waals surface area contributed by atoms with Crippen molar-refractivity contribution in [3.63, 3.8) is 0 Å². The largest absolute Gasteiger partial charge is 0.314 e. The lowest BCUT2D eigenvalue weighted by molar-refractivity contribution is 0.160. The molecule has 3 rings (SSSR count). The van der Waals surface area contributed by atoms with Gasteiger partial charge in [0.2, 0.25) is 0 Å². The third-order valence-electron chi connectivity index (χ3n) is 4.16. The molecule has 1 saturated carbocycles. The Bertz CT molecular complexity index is 442. The molecule has 0 unspecified atom stereocenters. The van der Waals surface area contributed by atoms with E-state index in [2.05, 4.69) is 32.2 Å². The van der Waals surface area contributed by atoms with E-state index >= 15 is 0 Å². The van der Waals surface area contributed by atoms with Gasteiger partial charge in [-0.2, -0.15) is 0 Å². The summed E-state index contributed by atoms with van der Waals surface area (Å²) in [7, 11) is 0. The topological polar surface area (TPSA) is 15.3 Å². The lowest BCUT2D eigenvalue weighted by Gasteiger charge is -2.36. The minimum absolute atomic E-state index is 0.486. The average molecular weight is 344 g/mol. The first-order valence-corrected chi connectivity index (χ1v) is 8.31. The van der Waals surface area contributed by atoms with Gasteiger partial charge >= 0.3 is 0 Å². The molecule has 4 heteroatoms. The molecule has 2 nitrogen and oxygen atoms in total. The van der Waals surface area contributed by atoms with Crippen LogP contribution in [0.25, 0.3) is 0 Å². The van der Waals surface area contributed by atoms with Crippen LogP contribution in [0.5, 0.6) is 0 Å². The quantitative estimate of drug-likeness (QED) is 0.893. The van der Waals surface area contributed by atoms with Crippen molar-refractivity contribution in [2.24, 2.45) is 5.92 Å². The Hall–Kier alpha value is -0.0900. The normalized spacial score (nSPS) is 22.4. The molecule has 1 aromatic carbocycles. The number of benzene rings is 1. The zero-order chi connectivity index (χ0) is 13.2. The second kappa shape index (κ2) is 6.13. The van der Waals surface area contributed by atoms with E-state index in [0.717, 1.165) is 41.6 Å². The standard InChI is InChI=1S/C15H20BrClN2/c16-12-3-4-14(17)13(10-12)15(9-11-1-2-11)19-7-5-18-6-8-19/h3-4,10-11,15,18H,1-2,5-9H2/t15-/m0/s1. The summed E-state index contributed by atoms with van der Waals surface area (Å²) in [6.07, 6.45) is 4.05. The molecular formula is C15H20BrClN2. The predicted molar refractivity (Wildman–Crippen MR) is 83.7 cm³/mol. The second-order valence-corrected chi connectivity index (χ2v) is 6.97. The smallest absolute Gasteiger partial charge is 0.0454 e. The maximum absolute atomic E-state index is 6.45. The SMILES string of the molecule is Clc1ccc(Br)cc1[C@H](CC1CC1)N1CCNCC1. The molecule has 0 amide bonds. The van der Waals surface area contributed by atoms with Crippen molar-refractivity contribution in [3.8, 4) is 0 Å². The predicted octanol–water partition coefficient (Wildman–Crippen LogP) is 3.85. The zero-order valence-corrected chi connectivity index (χ0v) is 13.4. The average Bonchev–Trinajstić information content (AvgIpc) is 3.24. The Morgan fingerprint density at radius 1 is 1.32 bits per heavy atom.